The Morgan fingerprint density at radius 3 is 2.92 bits per heavy atom. The molecule has 0 nitrogen and oxygen atoms in total. The summed E-state index contributed by atoms with van der Waals surface area (Å²) in [6, 6.07) is 8.59. The van der Waals surface area contributed by atoms with Crippen LogP contribution in [0.1, 0.15) is 5.56 Å². The highest BCUT2D eigenvalue weighted by Crippen LogP contribution is 2.18. The van der Waals surface area contributed by atoms with Crippen LogP contribution >= 0.6 is 27.7 Å². The smallest absolute Gasteiger partial charge is 0.0212 e. The van der Waals surface area contributed by atoms with Crippen LogP contribution in [0.3, 0.4) is 0 Å². The van der Waals surface area contributed by atoms with Crippen molar-refractivity contribution in [3.8, 4) is 0 Å². The van der Waals surface area contributed by atoms with Gasteiger partial charge in [0.15, 0.2) is 0 Å². The van der Waals surface area contributed by atoms with Crippen molar-refractivity contribution in [1.82, 2.24) is 0 Å². The van der Waals surface area contributed by atoms with Gasteiger partial charge in [-0.1, -0.05) is 45.8 Å². The van der Waals surface area contributed by atoms with Crippen molar-refractivity contribution in [2.45, 2.75) is 11.8 Å². The van der Waals surface area contributed by atoms with Gasteiger partial charge in [0.1, 0.15) is 0 Å². The average molecular weight is 257 g/mol. The van der Waals surface area contributed by atoms with Crippen LogP contribution in [0.15, 0.2) is 41.3 Å². The molecule has 0 aromatic heterocycles. The molecule has 0 atom stereocenters. The molecule has 0 amide bonds. The fourth-order valence-corrected chi connectivity index (χ4v) is 2.11. The molecule has 0 aliphatic heterocycles. The number of aryl methyl sites for hydroxylation is 1. The maximum atomic E-state index is 3.35. The third-order valence-corrected chi connectivity index (χ3v) is 2.91. The van der Waals surface area contributed by atoms with Crippen LogP contribution in [0.5, 0.6) is 0 Å². The summed E-state index contributed by atoms with van der Waals surface area (Å²) in [6.45, 7) is 2.12. The molecule has 1 rings (SSSR count). The van der Waals surface area contributed by atoms with E-state index in [1.165, 1.54) is 10.5 Å². The molecular formula is C11H13BrS. The van der Waals surface area contributed by atoms with E-state index in [0.29, 0.717) is 0 Å². The molecule has 1 aromatic carbocycles. The van der Waals surface area contributed by atoms with Gasteiger partial charge in [0, 0.05) is 16.0 Å². The molecule has 0 saturated carbocycles. The Bertz CT molecular complexity index is 281. The van der Waals surface area contributed by atoms with Gasteiger partial charge in [-0.2, -0.15) is 0 Å². The maximum Gasteiger partial charge on any atom is 0.0212 e. The normalized spacial score (nSPS) is 10.9. The van der Waals surface area contributed by atoms with Crippen LogP contribution in [0.4, 0.5) is 0 Å². The first-order valence-corrected chi connectivity index (χ1v) is 6.34. The predicted molar refractivity (Wildman–Crippen MR) is 64.8 cm³/mol. The molecule has 0 bridgehead atoms. The molecule has 0 radical (unpaired) electrons. The van der Waals surface area contributed by atoms with E-state index in [1.807, 2.05) is 11.8 Å². The number of hydrogen-bond acceptors (Lipinski definition) is 1. The van der Waals surface area contributed by atoms with Gasteiger partial charge >= 0.3 is 0 Å². The van der Waals surface area contributed by atoms with E-state index in [0.717, 1.165) is 11.1 Å². The van der Waals surface area contributed by atoms with Gasteiger partial charge in [-0.05, 0) is 19.1 Å². The quantitative estimate of drug-likeness (QED) is 0.445. The number of benzene rings is 1. The highest BCUT2D eigenvalue weighted by atomic mass is 79.9. The average Bonchev–Trinajstić information content (AvgIpc) is 2.13. The monoisotopic (exact) mass is 256 g/mol. The summed E-state index contributed by atoms with van der Waals surface area (Å²) in [5.74, 6) is 1.05. The zero-order valence-corrected chi connectivity index (χ0v) is 10.1. The molecule has 0 aliphatic carbocycles. The minimum Gasteiger partial charge on any atom is -0.122 e. The summed E-state index contributed by atoms with van der Waals surface area (Å²) in [5.41, 5.74) is 1.33. The summed E-state index contributed by atoms with van der Waals surface area (Å²) >= 11 is 5.22. The molecule has 1 aromatic rings. The maximum absolute atomic E-state index is 3.35. The lowest BCUT2D eigenvalue weighted by Gasteiger charge is -1.98. The molecule has 70 valence electrons. The van der Waals surface area contributed by atoms with E-state index in [2.05, 4.69) is 59.3 Å². The zero-order valence-electron chi connectivity index (χ0n) is 7.66. The van der Waals surface area contributed by atoms with Crippen molar-refractivity contribution in [3.63, 3.8) is 0 Å². The van der Waals surface area contributed by atoms with Gasteiger partial charge in [0.2, 0.25) is 0 Å². The predicted octanol–water partition coefficient (Wildman–Crippen LogP) is 4.04. The van der Waals surface area contributed by atoms with Crippen molar-refractivity contribution >= 4 is 27.7 Å². The van der Waals surface area contributed by atoms with E-state index in [9.17, 15) is 0 Å². The number of allylic oxidation sites excluding steroid dienone is 1. The van der Waals surface area contributed by atoms with E-state index >= 15 is 0 Å². The molecule has 0 unspecified atom stereocenters. The van der Waals surface area contributed by atoms with Gasteiger partial charge in [-0.3, -0.25) is 0 Å². The van der Waals surface area contributed by atoms with Crippen LogP contribution in [0.2, 0.25) is 0 Å². The lowest BCUT2D eigenvalue weighted by atomic mass is 10.2. The van der Waals surface area contributed by atoms with E-state index < -0.39 is 0 Å². The first kappa shape index (κ1) is 10.9. The van der Waals surface area contributed by atoms with Crippen LogP contribution in [0, 0.1) is 6.92 Å². The molecule has 0 N–H and O–H groups in total. The zero-order chi connectivity index (χ0) is 9.52. The number of thioether (sulfide) groups is 1. The van der Waals surface area contributed by atoms with Crippen LogP contribution in [-0.4, -0.2) is 11.1 Å². The fraction of sp³-hybridized carbons (Fsp3) is 0.273. The number of halogens is 1. The van der Waals surface area contributed by atoms with Gasteiger partial charge in [0.25, 0.3) is 0 Å². The van der Waals surface area contributed by atoms with Crippen molar-refractivity contribution in [2.75, 3.05) is 11.1 Å². The Morgan fingerprint density at radius 1 is 1.38 bits per heavy atom. The van der Waals surface area contributed by atoms with Crippen LogP contribution in [-0.2, 0) is 0 Å². The van der Waals surface area contributed by atoms with Crippen molar-refractivity contribution < 1.29 is 0 Å². The van der Waals surface area contributed by atoms with Gasteiger partial charge in [-0.15, -0.1) is 11.8 Å². The largest absolute Gasteiger partial charge is 0.122 e. The third-order valence-electron chi connectivity index (χ3n) is 1.59. The Labute approximate surface area is 92.6 Å². The van der Waals surface area contributed by atoms with Crippen molar-refractivity contribution in [3.05, 3.63) is 42.0 Å². The van der Waals surface area contributed by atoms with E-state index in [4.69, 9.17) is 0 Å². The third kappa shape index (κ3) is 4.53. The lowest BCUT2D eigenvalue weighted by molar-refractivity contribution is 1.36. The Hall–Kier alpha value is -0.210. The number of hydrogen-bond donors (Lipinski definition) is 0. The van der Waals surface area contributed by atoms with Crippen molar-refractivity contribution in [2.24, 2.45) is 0 Å². The molecule has 0 fully saturated rings. The minimum atomic E-state index is 0.946. The Balaban J connectivity index is 2.41. The standard InChI is InChI=1S/C11H13BrS/c1-10-5-4-6-11(9-10)13-8-3-2-7-12/h2-6,9H,7-8H2,1H3. The first-order valence-electron chi connectivity index (χ1n) is 4.23. The number of alkyl halides is 1. The second kappa shape index (κ2) is 6.28. The summed E-state index contributed by atoms with van der Waals surface area (Å²) in [6.07, 6.45) is 4.31. The molecule has 0 aliphatic rings. The Morgan fingerprint density at radius 2 is 2.23 bits per heavy atom. The topological polar surface area (TPSA) is 0 Å². The van der Waals surface area contributed by atoms with Gasteiger partial charge in [-0.25, -0.2) is 0 Å². The SMILES string of the molecule is Cc1cccc(SCC=CCBr)c1. The van der Waals surface area contributed by atoms with Crippen LogP contribution < -0.4 is 0 Å². The van der Waals surface area contributed by atoms with Gasteiger partial charge in [0.05, 0.1) is 0 Å². The summed E-state index contributed by atoms with van der Waals surface area (Å²) in [5, 5.41) is 0.946. The molecular weight excluding hydrogens is 244 g/mol. The number of rotatable bonds is 4. The lowest BCUT2D eigenvalue weighted by Crippen LogP contribution is -1.76. The molecule has 13 heavy (non-hydrogen) atoms. The minimum absolute atomic E-state index is 0.946. The summed E-state index contributed by atoms with van der Waals surface area (Å²) in [7, 11) is 0. The van der Waals surface area contributed by atoms with E-state index in [1.54, 1.807) is 0 Å². The fourth-order valence-electron chi connectivity index (χ4n) is 0.981. The second-order valence-electron chi connectivity index (χ2n) is 2.75. The van der Waals surface area contributed by atoms with E-state index in [-0.39, 0.29) is 0 Å². The van der Waals surface area contributed by atoms with Crippen LogP contribution in [0.25, 0.3) is 0 Å². The van der Waals surface area contributed by atoms with Gasteiger partial charge < -0.3 is 0 Å². The Kier molecular flexibility index (Phi) is 5.25. The first-order chi connectivity index (χ1) is 6.33. The molecule has 0 spiro atoms. The second-order valence-corrected chi connectivity index (χ2v) is 4.49. The molecule has 2 heteroatoms. The molecule has 0 saturated heterocycles. The van der Waals surface area contributed by atoms with Crippen molar-refractivity contribution in [1.29, 1.82) is 0 Å². The highest BCUT2D eigenvalue weighted by Gasteiger charge is 1.90. The highest BCUT2D eigenvalue weighted by molar-refractivity contribution is 9.09. The molecule has 0 heterocycles. The summed E-state index contributed by atoms with van der Waals surface area (Å²) in [4.78, 5) is 1.35. The summed E-state index contributed by atoms with van der Waals surface area (Å²) < 4.78 is 0.